The molecule has 1 aliphatic carbocycles. The molecule has 0 bridgehead atoms. The van der Waals surface area contributed by atoms with E-state index in [-0.39, 0.29) is 0 Å². The lowest BCUT2D eigenvalue weighted by atomic mass is 9.98. The number of rotatable bonds is 0. The third kappa shape index (κ3) is 0.954. The summed E-state index contributed by atoms with van der Waals surface area (Å²) in [6, 6.07) is 4.27. The predicted octanol–water partition coefficient (Wildman–Crippen LogP) is 1.91. The molecule has 3 aliphatic rings. The molecule has 0 aromatic heterocycles. The Morgan fingerprint density at radius 1 is 1.07 bits per heavy atom. The number of ether oxygens (including phenoxy) is 2. The molecule has 1 aromatic rings. The number of nitrogens with one attached hydrogen (secondary N) is 1. The maximum atomic E-state index is 5.62. The molecule has 2 heterocycles. The minimum absolute atomic E-state index is 0.436. The summed E-state index contributed by atoms with van der Waals surface area (Å²) in [5.41, 5.74) is 3.12. The topological polar surface area (TPSA) is 30.5 Å². The van der Waals surface area contributed by atoms with E-state index in [1.54, 1.807) is 0 Å². The molecule has 3 heteroatoms. The van der Waals surface area contributed by atoms with Crippen LogP contribution in [0, 0.1) is 0 Å². The quantitative estimate of drug-likeness (QED) is 0.698. The van der Waals surface area contributed by atoms with Crippen molar-refractivity contribution in [2.75, 3.05) is 25.1 Å². The zero-order valence-electron chi connectivity index (χ0n) is 8.51. The van der Waals surface area contributed by atoms with Crippen LogP contribution in [0.4, 0.5) is 5.69 Å². The summed E-state index contributed by atoms with van der Waals surface area (Å²) in [5.74, 6) is 1.82. The Hall–Kier alpha value is -1.38. The average Bonchev–Trinajstić information content (AvgIpc) is 2.98. The van der Waals surface area contributed by atoms with E-state index in [0.717, 1.165) is 18.0 Å². The molecule has 78 valence electrons. The first-order valence-electron chi connectivity index (χ1n) is 5.55. The van der Waals surface area contributed by atoms with Gasteiger partial charge in [-0.2, -0.15) is 0 Å². The van der Waals surface area contributed by atoms with Crippen molar-refractivity contribution in [3.05, 3.63) is 17.7 Å². The Bertz CT molecular complexity index is 437. The molecule has 1 N–H and O–H groups in total. The average molecular weight is 203 g/mol. The molecule has 4 rings (SSSR count). The molecule has 0 amide bonds. The molecular weight excluding hydrogens is 190 g/mol. The Morgan fingerprint density at radius 3 is 2.53 bits per heavy atom. The van der Waals surface area contributed by atoms with Gasteiger partial charge in [0.15, 0.2) is 11.5 Å². The summed E-state index contributed by atoms with van der Waals surface area (Å²) in [7, 11) is 0. The SMILES string of the molecule is c1c2c(cc3c1OCCO3)C1(CC1)CN2. The maximum Gasteiger partial charge on any atom is 0.163 e. The van der Waals surface area contributed by atoms with Crippen LogP contribution in [0.15, 0.2) is 12.1 Å². The van der Waals surface area contributed by atoms with Crippen LogP contribution in [-0.4, -0.2) is 19.8 Å². The maximum absolute atomic E-state index is 5.62. The van der Waals surface area contributed by atoms with E-state index in [1.807, 2.05) is 0 Å². The molecule has 0 atom stereocenters. The highest BCUT2D eigenvalue weighted by molar-refractivity contribution is 5.68. The second kappa shape index (κ2) is 2.40. The van der Waals surface area contributed by atoms with Crippen LogP contribution in [0.1, 0.15) is 18.4 Å². The monoisotopic (exact) mass is 203 g/mol. The zero-order valence-corrected chi connectivity index (χ0v) is 8.51. The van der Waals surface area contributed by atoms with Gasteiger partial charge in [-0.1, -0.05) is 0 Å². The van der Waals surface area contributed by atoms with E-state index in [1.165, 1.54) is 24.1 Å². The fraction of sp³-hybridized carbons (Fsp3) is 0.500. The van der Waals surface area contributed by atoms with Crippen LogP contribution in [-0.2, 0) is 5.41 Å². The van der Waals surface area contributed by atoms with Crippen LogP contribution >= 0.6 is 0 Å². The molecule has 1 fully saturated rings. The van der Waals surface area contributed by atoms with Gasteiger partial charge in [0.1, 0.15) is 13.2 Å². The number of hydrogen-bond acceptors (Lipinski definition) is 3. The van der Waals surface area contributed by atoms with Gasteiger partial charge in [-0.25, -0.2) is 0 Å². The van der Waals surface area contributed by atoms with E-state index in [4.69, 9.17) is 9.47 Å². The van der Waals surface area contributed by atoms with Crippen LogP contribution in [0.2, 0.25) is 0 Å². The van der Waals surface area contributed by atoms with E-state index < -0.39 is 0 Å². The van der Waals surface area contributed by atoms with E-state index in [9.17, 15) is 0 Å². The van der Waals surface area contributed by atoms with Gasteiger partial charge in [-0.15, -0.1) is 0 Å². The van der Waals surface area contributed by atoms with Gasteiger partial charge in [0.05, 0.1) is 0 Å². The van der Waals surface area contributed by atoms with Crippen LogP contribution < -0.4 is 14.8 Å². The van der Waals surface area contributed by atoms with Crippen molar-refractivity contribution in [1.29, 1.82) is 0 Å². The fourth-order valence-corrected chi connectivity index (χ4v) is 2.63. The smallest absolute Gasteiger partial charge is 0.163 e. The molecular formula is C12H13NO2. The summed E-state index contributed by atoms with van der Waals surface area (Å²) in [5, 5.41) is 3.47. The van der Waals surface area contributed by atoms with Gasteiger partial charge in [0.2, 0.25) is 0 Å². The number of benzene rings is 1. The summed E-state index contributed by atoms with van der Waals surface area (Å²) in [4.78, 5) is 0. The second-order valence-electron chi connectivity index (χ2n) is 4.68. The molecule has 1 aromatic carbocycles. The highest BCUT2D eigenvalue weighted by atomic mass is 16.6. The Morgan fingerprint density at radius 2 is 1.80 bits per heavy atom. The van der Waals surface area contributed by atoms with E-state index in [0.29, 0.717) is 18.6 Å². The van der Waals surface area contributed by atoms with Crippen molar-refractivity contribution in [2.45, 2.75) is 18.3 Å². The second-order valence-corrected chi connectivity index (χ2v) is 4.68. The van der Waals surface area contributed by atoms with Gasteiger partial charge < -0.3 is 14.8 Å². The van der Waals surface area contributed by atoms with Crippen LogP contribution in [0.3, 0.4) is 0 Å². The molecule has 2 aliphatic heterocycles. The summed E-state index contributed by atoms with van der Waals surface area (Å²) in [6.45, 7) is 2.42. The lowest BCUT2D eigenvalue weighted by Gasteiger charge is -2.20. The Labute approximate surface area is 88.4 Å². The van der Waals surface area contributed by atoms with Crippen molar-refractivity contribution in [2.24, 2.45) is 0 Å². The van der Waals surface area contributed by atoms with Crippen LogP contribution in [0.5, 0.6) is 11.5 Å². The minimum atomic E-state index is 0.436. The normalized spacial score (nSPS) is 23.5. The largest absolute Gasteiger partial charge is 0.486 e. The Balaban J connectivity index is 1.89. The molecule has 1 saturated carbocycles. The van der Waals surface area contributed by atoms with Gasteiger partial charge in [0, 0.05) is 23.7 Å². The van der Waals surface area contributed by atoms with Crippen molar-refractivity contribution < 1.29 is 9.47 Å². The number of hydrogen-bond donors (Lipinski definition) is 1. The van der Waals surface area contributed by atoms with Crippen molar-refractivity contribution in [3.8, 4) is 11.5 Å². The number of anilines is 1. The van der Waals surface area contributed by atoms with Gasteiger partial charge >= 0.3 is 0 Å². The third-order valence-electron chi connectivity index (χ3n) is 3.72. The van der Waals surface area contributed by atoms with E-state index in [2.05, 4.69) is 17.4 Å². The van der Waals surface area contributed by atoms with E-state index >= 15 is 0 Å². The van der Waals surface area contributed by atoms with Gasteiger partial charge in [-0.05, 0) is 24.5 Å². The molecule has 1 spiro atoms. The van der Waals surface area contributed by atoms with Crippen molar-refractivity contribution in [1.82, 2.24) is 0 Å². The highest BCUT2D eigenvalue weighted by Gasteiger charge is 2.49. The summed E-state index contributed by atoms with van der Waals surface area (Å²) < 4.78 is 11.2. The zero-order chi connectivity index (χ0) is 9.88. The van der Waals surface area contributed by atoms with Crippen molar-refractivity contribution >= 4 is 5.69 Å². The first-order chi connectivity index (χ1) is 7.37. The first-order valence-corrected chi connectivity index (χ1v) is 5.55. The first kappa shape index (κ1) is 7.85. The molecule has 0 unspecified atom stereocenters. The summed E-state index contributed by atoms with van der Waals surface area (Å²) in [6.07, 6.45) is 2.62. The molecule has 0 saturated heterocycles. The summed E-state index contributed by atoms with van der Waals surface area (Å²) >= 11 is 0. The minimum Gasteiger partial charge on any atom is -0.486 e. The molecule has 0 radical (unpaired) electrons. The molecule has 15 heavy (non-hydrogen) atoms. The third-order valence-corrected chi connectivity index (χ3v) is 3.72. The van der Waals surface area contributed by atoms with Gasteiger partial charge in [-0.3, -0.25) is 0 Å². The van der Waals surface area contributed by atoms with Crippen LogP contribution in [0.25, 0.3) is 0 Å². The fourth-order valence-electron chi connectivity index (χ4n) is 2.63. The van der Waals surface area contributed by atoms with Crippen molar-refractivity contribution in [3.63, 3.8) is 0 Å². The van der Waals surface area contributed by atoms with Gasteiger partial charge in [0.25, 0.3) is 0 Å². The lowest BCUT2D eigenvalue weighted by Crippen LogP contribution is -2.15. The number of fused-ring (bicyclic) bond motifs is 3. The highest BCUT2D eigenvalue weighted by Crippen LogP contribution is 2.56. The Kier molecular flexibility index (Phi) is 1.26. The molecule has 3 nitrogen and oxygen atoms in total. The lowest BCUT2D eigenvalue weighted by molar-refractivity contribution is 0.171. The predicted molar refractivity (Wildman–Crippen MR) is 56.8 cm³/mol. The standard InChI is InChI=1S/C12H13NO2/c1-2-12(1)7-13-9-6-11-10(5-8(9)12)14-3-4-15-11/h5-6,13H,1-4,7H2.